The van der Waals surface area contributed by atoms with E-state index < -0.39 is 0 Å². The van der Waals surface area contributed by atoms with Crippen molar-refractivity contribution < 1.29 is 14.3 Å². The van der Waals surface area contributed by atoms with Crippen LogP contribution in [-0.2, 0) is 17.9 Å². The predicted molar refractivity (Wildman–Crippen MR) is 123 cm³/mol. The molecule has 0 radical (unpaired) electrons. The summed E-state index contributed by atoms with van der Waals surface area (Å²) in [5, 5.41) is 7.97. The van der Waals surface area contributed by atoms with Gasteiger partial charge in [0.05, 0.1) is 26.1 Å². The molecule has 1 atom stereocenters. The Bertz CT molecular complexity index is 1050. The second kappa shape index (κ2) is 10.3. The molecule has 1 aliphatic heterocycles. The maximum Gasteiger partial charge on any atom is 0.223 e. The first-order valence-corrected chi connectivity index (χ1v) is 11.0. The summed E-state index contributed by atoms with van der Waals surface area (Å²) in [5.41, 5.74) is 3.15. The van der Waals surface area contributed by atoms with Crippen LogP contribution >= 0.6 is 0 Å². The van der Waals surface area contributed by atoms with Crippen LogP contribution in [0.2, 0.25) is 0 Å². The number of methoxy groups -OCH3 is 2. The molecule has 1 N–H and O–H groups in total. The van der Waals surface area contributed by atoms with Crippen LogP contribution < -0.4 is 14.8 Å². The zero-order valence-electron chi connectivity index (χ0n) is 18.7. The molecule has 7 heteroatoms. The fraction of sp³-hybridized carbons (Fsp3) is 0.360. The van der Waals surface area contributed by atoms with Gasteiger partial charge in [0, 0.05) is 43.4 Å². The first-order chi connectivity index (χ1) is 15.7. The van der Waals surface area contributed by atoms with Gasteiger partial charge in [-0.05, 0) is 49.2 Å². The number of rotatable bonds is 10. The smallest absolute Gasteiger partial charge is 0.223 e. The van der Waals surface area contributed by atoms with Crippen LogP contribution in [0.1, 0.15) is 30.4 Å². The third-order valence-corrected chi connectivity index (χ3v) is 5.88. The summed E-state index contributed by atoms with van der Waals surface area (Å²) in [7, 11) is 3.33. The lowest BCUT2D eigenvalue weighted by molar-refractivity contribution is -0.129. The number of carbonyl (C=O) groups is 1. The van der Waals surface area contributed by atoms with Crippen molar-refractivity contribution in [1.29, 1.82) is 0 Å². The minimum absolute atomic E-state index is 0.219. The van der Waals surface area contributed by atoms with Gasteiger partial charge in [0.2, 0.25) is 5.91 Å². The normalized spacial score (nSPS) is 15.9. The molecular weight excluding hydrogens is 404 g/mol. The van der Waals surface area contributed by atoms with Crippen molar-refractivity contribution >= 4 is 5.91 Å². The molecule has 32 heavy (non-hydrogen) atoms. The molecule has 2 heterocycles. The van der Waals surface area contributed by atoms with Gasteiger partial charge in [0.15, 0.2) is 0 Å². The van der Waals surface area contributed by atoms with E-state index in [0.717, 1.165) is 48.7 Å². The van der Waals surface area contributed by atoms with Crippen LogP contribution in [0.25, 0.3) is 5.69 Å². The standard InChI is InChI=1S/C25H30N4O3/c1-31-23-7-3-5-19(13-23)15-26-12-11-21-9-10-25(30)28(21)17-20-16-27-29(18-20)22-6-4-8-24(14-22)32-2/h3-8,13-14,16,18,21,26H,9-12,15,17H2,1-2H3/t21-/m0/s1. The predicted octanol–water partition coefficient (Wildman–Crippen LogP) is 3.56. The molecule has 1 aliphatic rings. The van der Waals surface area contributed by atoms with E-state index in [1.807, 2.05) is 64.4 Å². The van der Waals surface area contributed by atoms with Gasteiger partial charge in [-0.25, -0.2) is 4.68 Å². The molecule has 1 amide bonds. The maximum absolute atomic E-state index is 12.5. The Labute approximate surface area is 188 Å². The van der Waals surface area contributed by atoms with Crippen molar-refractivity contribution in [2.24, 2.45) is 0 Å². The third-order valence-electron chi connectivity index (χ3n) is 5.88. The molecule has 1 saturated heterocycles. The minimum atomic E-state index is 0.219. The third kappa shape index (κ3) is 5.29. The van der Waals surface area contributed by atoms with Gasteiger partial charge in [-0.3, -0.25) is 4.79 Å². The summed E-state index contributed by atoms with van der Waals surface area (Å²) in [6.07, 6.45) is 6.27. The number of benzene rings is 2. The molecule has 0 bridgehead atoms. The summed E-state index contributed by atoms with van der Waals surface area (Å²) in [6.45, 7) is 2.23. The Morgan fingerprint density at radius 3 is 2.66 bits per heavy atom. The van der Waals surface area contributed by atoms with Gasteiger partial charge >= 0.3 is 0 Å². The van der Waals surface area contributed by atoms with E-state index in [0.29, 0.717) is 13.0 Å². The van der Waals surface area contributed by atoms with Gasteiger partial charge < -0.3 is 19.7 Å². The van der Waals surface area contributed by atoms with Gasteiger partial charge in [-0.2, -0.15) is 5.10 Å². The number of hydrogen-bond acceptors (Lipinski definition) is 5. The summed E-state index contributed by atoms with van der Waals surface area (Å²) in [5.74, 6) is 1.87. The monoisotopic (exact) mass is 434 g/mol. The van der Waals surface area contributed by atoms with Crippen molar-refractivity contribution in [1.82, 2.24) is 20.0 Å². The Morgan fingerprint density at radius 2 is 1.84 bits per heavy atom. The largest absolute Gasteiger partial charge is 0.497 e. The second-order valence-electron chi connectivity index (χ2n) is 8.03. The summed E-state index contributed by atoms with van der Waals surface area (Å²) in [6, 6.07) is 16.1. The van der Waals surface area contributed by atoms with Gasteiger partial charge in [-0.15, -0.1) is 0 Å². The lowest BCUT2D eigenvalue weighted by Gasteiger charge is -2.24. The molecule has 0 spiro atoms. The highest BCUT2D eigenvalue weighted by Gasteiger charge is 2.30. The molecule has 0 unspecified atom stereocenters. The topological polar surface area (TPSA) is 68.6 Å². The number of ether oxygens (including phenoxy) is 2. The molecule has 4 rings (SSSR count). The Balaban J connectivity index is 1.31. The van der Waals surface area contributed by atoms with E-state index in [1.54, 1.807) is 14.2 Å². The quantitative estimate of drug-likeness (QED) is 0.494. The highest BCUT2D eigenvalue weighted by molar-refractivity contribution is 5.78. The van der Waals surface area contributed by atoms with Crippen LogP contribution in [0.3, 0.4) is 0 Å². The summed E-state index contributed by atoms with van der Waals surface area (Å²) in [4.78, 5) is 14.5. The van der Waals surface area contributed by atoms with Crippen molar-refractivity contribution in [3.8, 4) is 17.2 Å². The van der Waals surface area contributed by atoms with Gasteiger partial charge in [0.1, 0.15) is 11.5 Å². The highest BCUT2D eigenvalue weighted by Crippen LogP contribution is 2.24. The number of nitrogens with one attached hydrogen (secondary N) is 1. The number of hydrogen-bond donors (Lipinski definition) is 1. The Kier molecular flexibility index (Phi) is 7.07. The fourth-order valence-electron chi connectivity index (χ4n) is 4.13. The molecular formula is C25H30N4O3. The van der Waals surface area contributed by atoms with E-state index in [-0.39, 0.29) is 11.9 Å². The van der Waals surface area contributed by atoms with Crippen LogP contribution in [0, 0.1) is 0 Å². The summed E-state index contributed by atoms with van der Waals surface area (Å²) >= 11 is 0. The average Bonchev–Trinajstić information content (AvgIpc) is 3.44. The first-order valence-electron chi connectivity index (χ1n) is 11.0. The van der Waals surface area contributed by atoms with Crippen molar-refractivity contribution in [2.45, 2.75) is 38.4 Å². The van der Waals surface area contributed by atoms with Crippen molar-refractivity contribution in [2.75, 3.05) is 20.8 Å². The maximum atomic E-state index is 12.5. The number of carbonyl (C=O) groups excluding carboxylic acids is 1. The van der Waals surface area contributed by atoms with Gasteiger partial charge in [-0.1, -0.05) is 18.2 Å². The second-order valence-corrected chi connectivity index (χ2v) is 8.03. The van der Waals surface area contributed by atoms with Gasteiger partial charge in [0.25, 0.3) is 0 Å². The van der Waals surface area contributed by atoms with Crippen LogP contribution in [-0.4, -0.2) is 47.4 Å². The number of nitrogens with zero attached hydrogens (tertiary/aromatic N) is 3. The number of aromatic nitrogens is 2. The highest BCUT2D eigenvalue weighted by atomic mass is 16.5. The van der Waals surface area contributed by atoms with E-state index >= 15 is 0 Å². The molecule has 7 nitrogen and oxygen atoms in total. The van der Waals surface area contributed by atoms with E-state index in [9.17, 15) is 4.79 Å². The minimum Gasteiger partial charge on any atom is -0.497 e. The molecule has 1 aromatic heterocycles. The van der Waals surface area contributed by atoms with E-state index in [2.05, 4.69) is 16.5 Å². The lowest BCUT2D eigenvalue weighted by Crippen LogP contribution is -2.34. The zero-order valence-corrected chi connectivity index (χ0v) is 18.7. The van der Waals surface area contributed by atoms with E-state index in [4.69, 9.17) is 9.47 Å². The molecule has 0 aliphatic carbocycles. The lowest BCUT2D eigenvalue weighted by atomic mass is 10.1. The van der Waals surface area contributed by atoms with Crippen molar-refractivity contribution in [3.63, 3.8) is 0 Å². The number of amides is 1. The summed E-state index contributed by atoms with van der Waals surface area (Å²) < 4.78 is 12.4. The molecule has 0 saturated carbocycles. The average molecular weight is 435 g/mol. The Morgan fingerprint density at radius 1 is 1.06 bits per heavy atom. The van der Waals surface area contributed by atoms with E-state index in [1.165, 1.54) is 5.56 Å². The van der Waals surface area contributed by atoms with Crippen LogP contribution in [0.15, 0.2) is 60.9 Å². The fourth-order valence-corrected chi connectivity index (χ4v) is 4.13. The van der Waals surface area contributed by atoms with Crippen molar-refractivity contribution in [3.05, 3.63) is 72.1 Å². The Hall–Kier alpha value is -3.32. The molecule has 168 valence electrons. The first kappa shape index (κ1) is 21.9. The molecule has 2 aromatic carbocycles. The zero-order chi connectivity index (χ0) is 22.3. The molecule has 3 aromatic rings. The molecule has 1 fully saturated rings. The number of likely N-dealkylation sites (tertiary alicyclic amines) is 1. The van der Waals surface area contributed by atoms with Crippen LogP contribution in [0.4, 0.5) is 0 Å². The SMILES string of the molecule is COc1cccc(CNCC[C@@H]2CCC(=O)N2Cc2cnn(-c3cccc(OC)c3)c2)c1. The van der Waals surface area contributed by atoms with Crippen LogP contribution in [0.5, 0.6) is 11.5 Å².